The second-order valence-electron chi connectivity index (χ2n) is 7.33. The number of nitrogens with zero attached hydrogens (tertiary/aromatic N) is 1. The molecule has 4 nitrogen and oxygen atoms in total. The smallest absolute Gasteiger partial charge is 0.224 e. The standard InChI is InChI=1S/C23H28N2O2/c1-18(26)21-8-5-9-22(17-21)24-13-10-23(27)25-14-11-20(12-15-25)16-19-6-3-2-4-7-19/h2-9,17,20,24H,10-16H2,1H3. The number of nitrogens with one attached hydrogen (secondary N) is 1. The minimum atomic E-state index is 0.0492. The van der Waals surface area contributed by atoms with Crippen molar-refractivity contribution in [1.82, 2.24) is 4.90 Å². The van der Waals surface area contributed by atoms with Crippen LogP contribution in [-0.4, -0.2) is 36.2 Å². The number of rotatable bonds is 7. The van der Waals surface area contributed by atoms with Gasteiger partial charge in [0.2, 0.25) is 5.91 Å². The molecule has 0 aromatic heterocycles. The zero-order valence-corrected chi connectivity index (χ0v) is 16.0. The molecule has 2 aromatic carbocycles. The van der Waals surface area contributed by atoms with Crippen molar-refractivity contribution in [2.75, 3.05) is 25.0 Å². The Bertz CT molecular complexity index is 765. The normalized spacial score (nSPS) is 14.8. The van der Waals surface area contributed by atoms with E-state index < -0.39 is 0 Å². The van der Waals surface area contributed by atoms with Crippen LogP contribution in [0.25, 0.3) is 0 Å². The van der Waals surface area contributed by atoms with E-state index in [0.29, 0.717) is 24.4 Å². The number of Topliss-reactive ketones (excluding diaryl/α,β-unsaturated/α-hetero) is 1. The molecule has 1 fully saturated rings. The third-order valence-corrected chi connectivity index (χ3v) is 5.27. The Morgan fingerprint density at radius 1 is 1.04 bits per heavy atom. The summed E-state index contributed by atoms with van der Waals surface area (Å²) in [5, 5.41) is 3.25. The SMILES string of the molecule is CC(=O)c1cccc(NCCC(=O)N2CCC(Cc3ccccc3)CC2)c1. The average molecular weight is 364 g/mol. The van der Waals surface area contributed by atoms with E-state index in [2.05, 4.69) is 35.6 Å². The molecular formula is C23H28N2O2. The van der Waals surface area contributed by atoms with Crippen molar-refractivity contribution in [3.63, 3.8) is 0 Å². The first-order chi connectivity index (χ1) is 13.1. The fraction of sp³-hybridized carbons (Fsp3) is 0.391. The van der Waals surface area contributed by atoms with E-state index in [1.54, 1.807) is 13.0 Å². The lowest BCUT2D eigenvalue weighted by Crippen LogP contribution is -2.39. The molecule has 0 bridgehead atoms. The number of likely N-dealkylation sites (tertiary alicyclic amines) is 1. The van der Waals surface area contributed by atoms with Gasteiger partial charge in [0, 0.05) is 37.3 Å². The Balaban J connectivity index is 1.39. The van der Waals surface area contributed by atoms with Gasteiger partial charge in [-0.3, -0.25) is 9.59 Å². The number of hydrogen-bond donors (Lipinski definition) is 1. The van der Waals surface area contributed by atoms with E-state index in [1.165, 1.54) is 5.56 Å². The highest BCUT2D eigenvalue weighted by molar-refractivity contribution is 5.94. The third kappa shape index (κ3) is 5.68. The van der Waals surface area contributed by atoms with Crippen molar-refractivity contribution in [2.45, 2.75) is 32.6 Å². The number of hydrogen-bond acceptors (Lipinski definition) is 3. The molecular weight excluding hydrogens is 336 g/mol. The van der Waals surface area contributed by atoms with E-state index in [4.69, 9.17) is 0 Å². The summed E-state index contributed by atoms with van der Waals surface area (Å²) in [7, 11) is 0. The molecule has 0 saturated carbocycles. The van der Waals surface area contributed by atoms with E-state index >= 15 is 0 Å². The van der Waals surface area contributed by atoms with Crippen LogP contribution < -0.4 is 5.32 Å². The van der Waals surface area contributed by atoms with Crippen LogP contribution in [0, 0.1) is 5.92 Å². The zero-order valence-electron chi connectivity index (χ0n) is 16.0. The molecule has 142 valence electrons. The molecule has 0 atom stereocenters. The first-order valence-electron chi connectivity index (χ1n) is 9.78. The first kappa shape index (κ1) is 19.2. The molecule has 1 saturated heterocycles. The van der Waals surface area contributed by atoms with Gasteiger partial charge in [0.25, 0.3) is 0 Å². The largest absolute Gasteiger partial charge is 0.385 e. The van der Waals surface area contributed by atoms with Gasteiger partial charge in [-0.15, -0.1) is 0 Å². The first-order valence-corrected chi connectivity index (χ1v) is 9.78. The van der Waals surface area contributed by atoms with Gasteiger partial charge in [-0.1, -0.05) is 42.5 Å². The minimum Gasteiger partial charge on any atom is -0.385 e. The zero-order chi connectivity index (χ0) is 19.1. The lowest BCUT2D eigenvalue weighted by atomic mass is 9.90. The maximum absolute atomic E-state index is 12.5. The second kappa shape index (κ2) is 9.36. The highest BCUT2D eigenvalue weighted by Gasteiger charge is 2.22. The van der Waals surface area contributed by atoms with Crippen molar-refractivity contribution in [3.8, 4) is 0 Å². The van der Waals surface area contributed by atoms with E-state index in [-0.39, 0.29) is 11.7 Å². The van der Waals surface area contributed by atoms with Gasteiger partial charge in [-0.2, -0.15) is 0 Å². The second-order valence-corrected chi connectivity index (χ2v) is 7.33. The fourth-order valence-electron chi connectivity index (χ4n) is 3.65. The molecule has 1 amide bonds. The molecule has 1 N–H and O–H groups in total. The van der Waals surface area contributed by atoms with Crippen molar-refractivity contribution in [3.05, 3.63) is 65.7 Å². The van der Waals surface area contributed by atoms with Gasteiger partial charge in [-0.05, 0) is 49.8 Å². The molecule has 2 aromatic rings. The average Bonchev–Trinajstić information content (AvgIpc) is 2.69. The van der Waals surface area contributed by atoms with Gasteiger partial charge in [0.1, 0.15) is 0 Å². The Hall–Kier alpha value is -2.62. The Kier molecular flexibility index (Phi) is 6.64. The summed E-state index contributed by atoms with van der Waals surface area (Å²) in [6, 6.07) is 18.0. The highest BCUT2D eigenvalue weighted by Crippen LogP contribution is 2.22. The maximum atomic E-state index is 12.5. The summed E-state index contributed by atoms with van der Waals surface area (Å²) in [4.78, 5) is 25.9. The molecule has 0 spiro atoms. The van der Waals surface area contributed by atoms with Crippen LogP contribution in [0.15, 0.2) is 54.6 Å². The van der Waals surface area contributed by atoms with Gasteiger partial charge in [0.15, 0.2) is 5.78 Å². The van der Waals surface area contributed by atoms with Gasteiger partial charge < -0.3 is 10.2 Å². The van der Waals surface area contributed by atoms with Gasteiger partial charge >= 0.3 is 0 Å². The number of carbonyl (C=O) groups excluding carboxylic acids is 2. The number of amides is 1. The Morgan fingerprint density at radius 3 is 2.48 bits per heavy atom. The third-order valence-electron chi connectivity index (χ3n) is 5.27. The molecule has 0 aliphatic carbocycles. The highest BCUT2D eigenvalue weighted by atomic mass is 16.2. The van der Waals surface area contributed by atoms with E-state index in [9.17, 15) is 9.59 Å². The number of anilines is 1. The lowest BCUT2D eigenvalue weighted by molar-refractivity contribution is -0.132. The predicted molar refractivity (Wildman–Crippen MR) is 109 cm³/mol. The van der Waals surface area contributed by atoms with E-state index in [0.717, 1.165) is 38.0 Å². The Morgan fingerprint density at radius 2 is 1.78 bits per heavy atom. The summed E-state index contributed by atoms with van der Waals surface area (Å²) in [5.74, 6) is 0.931. The summed E-state index contributed by atoms with van der Waals surface area (Å²) < 4.78 is 0. The van der Waals surface area contributed by atoms with Crippen LogP contribution in [0.1, 0.15) is 42.1 Å². The summed E-state index contributed by atoms with van der Waals surface area (Å²) in [5.41, 5.74) is 2.96. The van der Waals surface area contributed by atoms with Crippen LogP contribution in [0.4, 0.5) is 5.69 Å². The fourth-order valence-corrected chi connectivity index (χ4v) is 3.65. The Labute approximate surface area is 161 Å². The van der Waals surface area contributed by atoms with Crippen LogP contribution in [-0.2, 0) is 11.2 Å². The molecule has 1 heterocycles. The topological polar surface area (TPSA) is 49.4 Å². The van der Waals surface area contributed by atoms with Crippen molar-refractivity contribution >= 4 is 17.4 Å². The minimum absolute atomic E-state index is 0.0492. The predicted octanol–water partition coefficient (Wildman–Crippen LogP) is 4.17. The van der Waals surface area contributed by atoms with Crippen molar-refractivity contribution in [2.24, 2.45) is 5.92 Å². The molecule has 3 rings (SSSR count). The molecule has 0 unspecified atom stereocenters. The number of benzene rings is 2. The van der Waals surface area contributed by atoms with Gasteiger partial charge in [0.05, 0.1) is 0 Å². The van der Waals surface area contributed by atoms with Gasteiger partial charge in [-0.25, -0.2) is 0 Å². The molecule has 1 aliphatic heterocycles. The monoisotopic (exact) mass is 364 g/mol. The van der Waals surface area contributed by atoms with Crippen LogP contribution >= 0.6 is 0 Å². The number of piperidine rings is 1. The summed E-state index contributed by atoms with van der Waals surface area (Å²) in [6.45, 7) is 3.86. The van der Waals surface area contributed by atoms with Crippen molar-refractivity contribution in [1.29, 1.82) is 0 Å². The molecule has 27 heavy (non-hydrogen) atoms. The number of ketones is 1. The summed E-state index contributed by atoms with van der Waals surface area (Å²) in [6.07, 6.45) is 3.74. The molecule has 0 radical (unpaired) electrons. The lowest BCUT2D eigenvalue weighted by Gasteiger charge is -2.32. The van der Waals surface area contributed by atoms with Crippen molar-refractivity contribution < 1.29 is 9.59 Å². The summed E-state index contributed by atoms with van der Waals surface area (Å²) >= 11 is 0. The van der Waals surface area contributed by atoms with Crippen LogP contribution in [0.2, 0.25) is 0 Å². The molecule has 1 aliphatic rings. The quantitative estimate of drug-likeness (QED) is 0.750. The van der Waals surface area contributed by atoms with Crippen LogP contribution in [0.3, 0.4) is 0 Å². The number of carbonyl (C=O) groups is 2. The maximum Gasteiger partial charge on any atom is 0.224 e. The molecule has 4 heteroatoms. The van der Waals surface area contributed by atoms with E-state index in [1.807, 2.05) is 23.1 Å². The van der Waals surface area contributed by atoms with Crippen LogP contribution in [0.5, 0.6) is 0 Å².